The van der Waals surface area contributed by atoms with Gasteiger partial charge in [0, 0.05) is 17.9 Å². The van der Waals surface area contributed by atoms with E-state index in [9.17, 15) is 4.79 Å². The molecule has 0 aliphatic heterocycles. The molecule has 0 spiro atoms. The van der Waals surface area contributed by atoms with Crippen LogP contribution < -0.4 is 5.73 Å². The highest BCUT2D eigenvalue weighted by Gasteiger charge is 2.16. The van der Waals surface area contributed by atoms with Crippen LogP contribution in [0.5, 0.6) is 0 Å². The Balaban J connectivity index is 2.10. The van der Waals surface area contributed by atoms with Gasteiger partial charge in [-0.25, -0.2) is 0 Å². The van der Waals surface area contributed by atoms with E-state index in [0.29, 0.717) is 6.42 Å². The molecule has 2 aromatic rings. The van der Waals surface area contributed by atoms with Gasteiger partial charge in [-0.3, -0.25) is 4.79 Å². The molecule has 0 bridgehead atoms. The van der Waals surface area contributed by atoms with E-state index in [4.69, 9.17) is 10.8 Å². The third-order valence-electron chi connectivity index (χ3n) is 3.90. The molecular weight excluding hydrogens is 264 g/mol. The molecule has 0 saturated carbocycles. The maximum atomic E-state index is 10.9. The number of rotatable bonds is 6. The highest BCUT2D eigenvalue weighted by molar-refractivity contribution is 5.73. The van der Waals surface area contributed by atoms with Gasteiger partial charge in [-0.15, -0.1) is 0 Å². The van der Waals surface area contributed by atoms with E-state index < -0.39 is 12.0 Å². The number of hydrogen-bond donors (Lipinski definition) is 2. The number of carboxylic acids is 1. The van der Waals surface area contributed by atoms with Gasteiger partial charge in [0.05, 0.1) is 0 Å². The number of aliphatic carboxylic acids is 1. The van der Waals surface area contributed by atoms with Crippen LogP contribution in [0.3, 0.4) is 0 Å². The second kappa shape index (κ2) is 6.59. The maximum Gasteiger partial charge on any atom is 0.320 e. The first kappa shape index (κ1) is 15.3. The zero-order valence-electron chi connectivity index (χ0n) is 12.5. The Hall–Kier alpha value is -2.07. The second-order valence-electron chi connectivity index (χ2n) is 5.43. The van der Waals surface area contributed by atoms with E-state index in [0.717, 1.165) is 29.9 Å². The molecule has 112 valence electrons. The van der Waals surface area contributed by atoms with E-state index in [-0.39, 0.29) is 0 Å². The summed E-state index contributed by atoms with van der Waals surface area (Å²) in [6.45, 7) is 4.97. The zero-order valence-corrected chi connectivity index (χ0v) is 12.5. The lowest BCUT2D eigenvalue weighted by Crippen LogP contribution is -2.32. The van der Waals surface area contributed by atoms with Crippen LogP contribution in [-0.2, 0) is 24.2 Å². The molecule has 2 rings (SSSR count). The lowest BCUT2D eigenvalue weighted by molar-refractivity contribution is -0.138. The molecule has 1 atom stereocenters. The number of nitrogens with two attached hydrogens (primary N) is 1. The van der Waals surface area contributed by atoms with E-state index in [1.807, 2.05) is 38.1 Å². The molecular formula is C17H22N2O2. The van der Waals surface area contributed by atoms with Crippen molar-refractivity contribution in [1.29, 1.82) is 0 Å². The number of carbonyl (C=O) groups is 1. The Morgan fingerprint density at radius 3 is 2.57 bits per heavy atom. The summed E-state index contributed by atoms with van der Waals surface area (Å²) >= 11 is 0. The predicted molar refractivity (Wildman–Crippen MR) is 83.4 cm³/mol. The van der Waals surface area contributed by atoms with Crippen molar-refractivity contribution < 1.29 is 9.90 Å². The molecule has 3 N–H and O–H groups in total. The Labute approximate surface area is 125 Å². The first-order chi connectivity index (χ1) is 9.99. The number of hydrogen-bond acceptors (Lipinski definition) is 2. The summed E-state index contributed by atoms with van der Waals surface area (Å²) in [6.07, 6.45) is 1.34. The summed E-state index contributed by atoms with van der Waals surface area (Å²) in [7, 11) is 0. The molecule has 4 heteroatoms. The summed E-state index contributed by atoms with van der Waals surface area (Å²) < 4.78 is 2.23. The fourth-order valence-electron chi connectivity index (χ4n) is 2.63. The van der Waals surface area contributed by atoms with Gasteiger partial charge in [0.2, 0.25) is 0 Å². The van der Waals surface area contributed by atoms with Gasteiger partial charge in [-0.05, 0) is 43.9 Å². The minimum absolute atomic E-state index is 0.375. The second-order valence-corrected chi connectivity index (χ2v) is 5.43. The average Bonchev–Trinajstić information content (AvgIpc) is 2.72. The molecule has 1 heterocycles. The third-order valence-corrected chi connectivity index (χ3v) is 3.90. The zero-order chi connectivity index (χ0) is 15.4. The van der Waals surface area contributed by atoms with Crippen molar-refractivity contribution in [3.8, 4) is 0 Å². The molecule has 4 nitrogen and oxygen atoms in total. The van der Waals surface area contributed by atoms with Gasteiger partial charge in [-0.2, -0.15) is 0 Å². The Morgan fingerprint density at radius 1 is 1.29 bits per heavy atom. The standard InChI is InChI=1S/C17H22N2O2/c1-12-10-15(11-16(18)17(20)21)13(2)19(12)9-8-14-6-4-3-5-7-14/h3-7,10,16H,8-9,11,18H2,1-2H3,(H,20,21). The number of aryl methyl sites for hydroxylation is 2. The van der Waals surface area contributed by atoms with Gasteiger partial charge in [-0.1, -0.05) is 30.3 Å². The maximum absolute atomic E-state index is 10.9. The van der Waals surface area contributed by atoms with Crippen molar-refractivity contribution in [3.05, 3.63) is 58.9 Å². The Bertz CT molecular complexity index is 617. The first-order valence-electron chi connectivity index (χ1n) is 7.17. The summed E-state index contributed by atoms with van der Waals surface area (Å²) in [6, 6.07) is 11.5. The molecule has 1 aromatic carbocycles. The highest BCUT2D eigenvalue weighted by Crippen LogP contribution is 2.17. The fourth-order valence-corrected chi connectivity index (χ4v) is 2.63. The van der Waals surface area contributed by atoms with Gasteiger partial charge in [0.1, 0.15) is 6.04 Å². The van der Waals surface area contributed by atoms with Gasteiger partial charge < -0.3 is 15.4 Å². The molecule has 21 heavy (non-hydrogen) atoms. The summed E-state index contributed by atoms with van der Waals surface area (Å²) in [5, 5.41) is 8.93. The third kappa shape index (κ3) is 3.73. The number of aromatic nitrogens is 1. The molecule has 1 unspecified atom stereocenters. The van der Waals surface area contributed by atoms with E-state index in [2.05, 4.69) is 16.7 Å². The van der Waals surface area contributed by atoms with Crippen LogP contribution in [0.1, 0.15) is 22.5 Å². The number of benzene rings is 1. The van der Waals surface area contributed by atoms with E-state index >= 15 is 0 Å². The molecule has 0 aliphatic carbocycles. The summed E-state index contributed by atoms with van der Waals surface area (Å²) in [4.78, 5) is 10.9. The van der Waals surface area contributed by atoms with Crippen LogP contribution in [0, 0.1) is 13.8 Å². The minimum Gasteiger partial charge on any atom is -0.480 e. The fraction of sp³-hybridized carbons (Fsp3) is 0.353. The predicted octanol–water partition coefficient (Wildman–Crippen LogP) is 2.30. The Kier molecular flexibility index (Phi) is 4.81. The first-order valence-corrected chi connectivity index (χ1v) is 7.17. The monoisotopic (exact) mass is 286 g/mol. The summed E-state index contributed by atoms with van der Waals surface area (Å²) in [5.41, 5.74) is 10.2. The quantitative estimate of drug-likeness (QED) is 0.856. The van der Waals surface area contributed by atoms with Crippen LogP contribution in [0.25, 0.3) is 0 Å². The van der Waals surface area contributed by atoms with Crippen LogP contribution in [0.4, 0.5) is 0 Å². The Morgan fingerprint density at radius 2 is 1.95 bits per heavy atom. The van der Waals surface area contributed by atoms with Crippen molar-refractivity contribution in [2.24, 2.45) is 5.73 Å². The molecule has 1 aromatic heterocycles. The van der Waals surface area contributed by atoms with Crippen molar-refractivity contribution >= 4 is 5.97 Å². The molecule has 0 amide bonds. The van der Waals surface area contributed by atoms with Gasteiger partial charge >= 0.3 is 5.97 Å². The van der Waals surface area contributed by atoms with Gasteiger partial charge in [0.15, 0.2) is 0 Å². The van der Waals surface area contributed by atoms with Crippen molar-refractivity contribution in [1.82, 2.24) is 4.57 Å². The largest absolute Gasteiger partial charge is 0.480 e. The topological polar surface area (TPSA) is 68.2 Å². The van der Waals surface area contributed by atoms with Crippen molar-refractivity contribution in [2.75, 3.05) is 0 Å². The lowest BCUT2D eigenvalue weighted by atomic mass is 10.1. The van der Waals surface area contributed by atoms with E-state index in [1.165, 1.54) is 5.56 Å². The average molecular weight is 286 g/mol. The van der Waals surface area contributed by atoms with Crippen LogP contribution >= 0.6 is 0 Å². The minimum atomic E-state index is -0.955. The lowest BCUT2D eigenvalue weighted by Gasteiger charge is -2.11. The normalized spacial score (nSPS) is 12.3. The molecule has 0 saturated heterocycles. The molecule has 0 radical (unpaired) electrons. The molecule has 0 fully saturated rings. The SMILES string of the molecule is Cc1cc(CC(N)C(=O)O)c(C)n1CCc1ccccc1. The van der Waals surface area contributed by atoms with Crippen molar-refractivity contribution in [3.63, 3.8) is 0 Å². The van der Waals surface area contributed by atoms with Crippen LogP contribution in [-0.4, -0.2) is 21.7 Å². The number of carboxylic acid groups (broad SMARTS) is 1. The van der Waals surface area contributed by atoms with Crippen molar-refractivity contribution in [2.45, 2.75) is 39.3 Å². The smallest absolute Gasteiger partial charge is 0.320 e. The van der Waals surface area contributed by atoms with Gasteiger partial charge in [0.25, 0.3) is 0 Å². The van der Waals surface area contributed by atoms with E-state index in [1.54, 1.807) is 0 Å². The molecule has 0 aliphatic rings. The van der Waals surface area contributed by atoms with Crippen LogP contribution in [0.2, 0.25) is 0 Å². The van der Waals surface area contributed by atoms with Crippen LogP contribution in [0.15, 0.2) is 36.4 Å². The number of nitrogens with zero attached hydrogens (tertiary/aromatic N) is 1. The summed E-state index contributed by atoms with van der Waals surface area (Å²) in [5.74, 6) is -0.955. The highest BCUT2D eigenvalue weighted by atomic mass is 16.4.